The number of carbonyl (C=O) groups is 2. The summed E-state index contributed by atoms with van der Waals surface area (Å²) in [6, 6.07) is 0. The molecule has 0 N–H and O–H groups in total. The molecule has 0 aromatic heterocycles. The molecule has 7 heteroatoms. The average Bonchev–Trinajstić information content (AvgIpc) is 2.95. The van der Waals surface area contributed by atoms with E-state index in [1.165, 1.54) is 21.1 Å². The summed E-state index contributed by atoms with van der Waals surface area (Å²) < 4.78 is 11.7. The number of Topliss-reactive ketones (excluding diaryl/α,β-unsaturated/α-hetero) is 2. The van der Waals surface area contributed by atoms with E-state index in [9.17, 15) is 9.59 Å². The van der Waals surface area contributed by atoms with Crippen molar-refractivity contribution < 1.29 is 19.1 Å². The van der Waals surface area contributed by atoms with Crippen LogP contribution in [-0.4, -0.2) is 67.6 Å². The minimum Gasteiger partial charge on any atom is -0.377 e. The van der Waals surface area contributed by atoms with Gasteiger partial charge in [0.2, 0.25) is 11.6 Å². The Kier molecular flexibility index (Phi) is 11.5. The maximum absolute atomic E-state index is 13.4. The van der Waals surface area contributed by atoms with Gasteiger partial charge in [-0.15, -0.1) is 0 Å². The van der Waals surface area contributed by atoms with Crippen LogP contribution in [0.25, 0.3) is 0 Å². The van der Waals surface area contributed by atoms with E-state index in [4.69, 9.17) is 21.1 Å². The normalized spacial score (nSPS) is 17.6. The van der Waals surface area contributed by atoms with Crippen molar-refractivity contribution in [3.63, 3.8) is 0 Å². The maximum Gasteiger partial charge on any atom is 0.243 e. The zero-order valence-electron chi connectivity index (χ0n) is 20.2. The number of nitrogens with zero attached hydrogens (tertiary/aromatic N) is 2. The van der Waals surface area contributed by atoms with E-state index in [-0.39, 0.29) is 22.0 Å². The second-order valence-electron chi connectivity index (χ2n) is 7.70. The second-order valence-corrected chi connectivity index (χ2v) is 8.08. The van der Waals surface area contributed by atoms with Crippen LogP contribution in [-0.2, 0) is 19.1 Å². The molecule has 31 heavy (non-hydrogen) atoms. The number of carbonyl (C=O) groups excluding carboxylic acids is 2. The summed E-state index contributed by atoms with van der Waals surface area (Å²) in [5.41, 5.74) is 0.882. The third kappa shape index (κ3) is 5.99. The first-order valence-corrected chi connectivity index (χ1v) is 11.6. The molecular weight excluding hydrogens is 416 g/mol. The van der Waals surface area contributed by atoms with E-state index in [0.29, 0.717) is 18.8 Å². The van der Waals surface area contributed by atoms with E-state index in [1.807, 2.05) is 11.1 Å². The van der Waals surface area contributed by atoms with E-state index >= 15 is 0 Å². The molecule has 6 nitrogen and oxygen atoms in total. The molecule has 0 atom stereocenters. The Balaban J connectivity index is 3.70. The van der Waals surface area contributed by atoms with Gasteiger partial charge in [-0.25, -0.2) is 0 Å². The molecule has 0 saturated heterocycles. The molecule has 0 spiro atoms. The number of allylic oxidation sites excluding steroid dienone is 3. The highest BCUT2D eigenvalue weighted by atomic mass is 35.5. The molecule has 0 aromatic rings. The minimum absolute atomic E-state index is 0.0479. The fourth-order valence-electron chi connectivity index (χ4n) is 4.02. The first-order chi connectivity index (χ1) is 14.8. The topological polar surface area (TPSA) is 59.1 Å². The van der Waals surface area contributed by atoms with E-state index in [0.717, 1.165) is 38.8 Å². The van der Waals surface area contributed by atoms with Crippen molar-refractivity contribution in [2.75, 3.05) is 40.4 Å². The lowest BCUT2D eigenvalue weighted by Gasteiger charge is -2.37. The summed E-state index contributed by atoms with van der Waals surface area (Å²) >= 11 is 6.59. The maximum atomic E-state index is 13.4. The fraction of sp³-hybridized carbons (Fsp3) is 0.667. The lowest BCUT2D eigenvalue weighted by Crippen LogP contribution is -2.44. The molecule has 0 radical (unpaired) electrons. The minimum atomic E-state index is -1.52. The first kappa shape index (κ1) is 27.4. The Morgan fingerprint density at radius 3 is 1.84 bits per heavy atom. The number of halogens is 1. The summed E-state index contributed by atoms with van der Waals surface area (Å²) in [6.45, 7) is 12.9. The lowest BCUT2D eigenvalue weighted by molar-refractivity contribution is -0.162. The third-order valence-electron chi connectivity index (χ3n) is 5.28. The quantitative estimate of drug-likeness (QED) is 0.281. The molecule has 0 fully saturated rings. The van der Waals surface area contributed by atoms with Crippen LogP contribution in [0.1, 0.15) is 60.3 Å². The predicted molar refractivity (Wildman–Crippen MR) is 126 cm³/mol. The van der Waals surface area contributed by atoms with Crippen LogP contribution in [0, 0.1) is 0 Å². The van der Waals surface area contributed by atoms with Crippen molar-refractivity contribution in [1.29, 1.82) is 0 Å². The first-order valence-electron chi connectivity index (χ1n) is 11.3. The van der Waals surface area contributed by atoms with Gasteiger partial charge in [-0.1, -0.05) is 39.3 Å². The molecule has 0 heterocycles. The van der Waals surface area contributed by atoms with Gasteiger partial charge < -0.3 is 19.3 Å². The molecule has 1 rings (SSSR count). The van der Waals surface area contributed by atoms with Gasteiger partial charge in [0.25, 0.3) is 0 Å². The standard InChI is InChI=1S/C24H39ClN2O4/c1-8-13-26(14-9-2)17-12-19(18(5)28)20-22(29)21(25)23(24(20,30-6)31-7)27(15-10-3)16-11-4/h12,17H,8-11,13-16H2,1-7H3/b17-12+,20-19-. The Morgan fingerprint density at radius 1 is 0.968 bits per heavy atom. The number of ether oxygens (including phenoxy) is 2. The van der Waals surface area contributed by atoms with E-state index in [1.54, 1.807) is 6.08 Å². The zero-order valence-corrected chi connectivity index (χ0v) is 21.0. The van der Waals surface area contributed by atoms with Crippen molar-refractivity contribution in [3.05, 3.63) is 34.2 Å². The average molecular weight is 455 g/mol. The molecule has 0 bridgehead atoms. The summed E-state index contributed by atoms with van der Waals surface area (Å²) in [7, 11) is 2.95. The Hall–Kier alpha value is -1.63. The van der Waals surface area contributed by atoms with E-state index in [2.05, 4.69) is 32.6 Å². The molecule has 0 saturated carbocycles. The highest BCUT2D eigenvalue weighted by molar-refractivity contribution is 6.47. The number of ketones is 2. The molecular formula is C24H39ClN2O4. The number of rotatable bonds is 14. The third-order valence-corrected chi connectivity index (χ3v) is 5.63. The Morgan fingerprint density at radius 2 is 1.45 bits per heavy atom. The summed E-state index contributed by atoms with van der Waals surface area (Å²) in [4.78, 5) is 30.2. The number of methoxy groups -OCH3 is 2. The van der Waals surface area contributed by atoms with Crippen molar-refractivity contribution in [2.45, 2.75) is 66.1 Å². The van der Waals surface area contributed by atoms with Crippen LogP contribution < -0.4 is 0 Å². The van der Waals surface area contributed by atoms with Gasteiger partial charge in [0.15, 0.2) is 5.78 Å². The van der Waals surface area contributed by atoms with Crippen LogP contribution in [0.3, 0.4) is 0 Å². The van der Waals surface area contributed by atoms with Gasteiger partial charge in [-0.05, 0) is 44.9 Å². The van der Waals surface area contributed by atoms with Crippen LogP contribution >= 0.6 is 11.6 Å². The van der Waals surface area contributed by atoms with Crippen LogP contribution in [0.15, 0.2) is 34.2 Å². The number of hydrogen-bond acceptors (Lipinski definition) is 6. The zero-order chi connectivity index (χ0) is 23.6. The van der Waals surface area contributed by atoms with Gasteiger partial charge in [0.1, 0.15) is 10.7 Å². The molecule has 0 unspecified atom stereocenters. The van der Waals surface area contributed by atoms with Crippen molar-refractivity contribution in [3.8, 4) is 0 Å². The molecule has 1 aliphatic carbocycles. The van der Waals surface area contributed by atoms with Gasteiger partial charge in [-0.2, -0.15) is 0 Å². The van der Waals surface area contributed by atoms with E-state index < -0.39 is 11.6 Å². The molecule has 176 valence electrons. The van der Waals surface area contributed by atoms with Crippen LogP contribution in [0.2, 0.25) is 0 Å². The molecule has 1 aliphatic rings. The van der Waals surface area contributed by atoms with Crippen LogP contribution in [0.4, 0.5) is 0 Å². The second kappa shape index (κ2) is 13.0. The molecule has 0 aromatic carbocycles. The monoisotopic (exact) mass is 454 g/mol. The largest absolute Gasteiger partial charge is 0.377 e. The van der Waals surface area contributed by atoms with Gasteiger partial charge in [0, 0.05) is 46.0 Å². The van der Waals surface area contributed by atoms with Gasteiger partial charge in [0.05, 0.1) is 5.57 Å². The summed E-state index contributed by atoms with van der Waals surface area (Å²) in [5, 5.41) is 0.0479. The van der Waals surface area contributed by atoms with Crippen molar-refractivity contribution in [1.82, 2.24) is 9.80 Å². The summed E-state index contributed by atoms with van der Waals surface area (Å²) in [6.07, 6.45) is 7.28. The van der Waals surface area contributed by atoms with Crippen molar-refractivity contribution >= 4 is 23.2 Å². The molecule has 0 amide bonds. The van der Waals surface area contributed by atoms with Crippen LogP contribution in [0.5, 0.6) is 0 Å². The lowest BCUT2D eigenvalue weighted by atomic mass is 9.96. The highest BCUT2D eigenvalue weighted by Crippen LogP contribution is 2.46. The predicted octanol–water partition coefficient (Wildman–Crippen LogP) is 4.65. The SMILES string of the molecule is CCCN(/C=C/C(C(C)=O)=C1\C(=O)C(Cl)=C(N(CCC)CCC)C1(OC)OC)CCC. The Labute approximate surface area is 192 Å². The van der Waals surface area contributed by atoms with Gasteiger partial charge >= 0.3 is 0 Å². The summed E-state index contributed by atoms with van der Waals surface area (Å²) in [5.74, 6) is -2.19. The molecule has 0 aliphatic heterocycles. The number of hydrogen-bond donors (Lipinski definition) is 0. The smallest absolute Gasteiger partial charge is 0.243 e. The highest BCUT2D eigenvalue weighted by Gasteiger charge is 2.54. The van der Waals surface area contributed by atoms with Gasteiger partial charge in [-0.3, -0.25) is 9.59 Å². The Bertz CT molecular complexity index is 711. The fourth-order valence-corrected chi connectivity index (χ4v) is 4.36. The van der Waals surface area contributed by atoms with Crippen molar-refractivity contribution in [2.24, 2.45) is 0 Å².